The quantitative estimate of drug-likeness (QED) is 0.0225. The highest BCUT2D eigenvalue weighted by molar-refractivity contribution is 8.00. The van der Waals surface area contributed by atoms with Crippen molar-refractivity contribution in [2.24, 2.45) is 5.16 Å². The van der Waals surface area contributed by atoms with Crippen molar-refractivity contribution in [2.75, 3.05) is 50.8 Å². The molecular formula is C41H46Cl2N8O13S2. The summed E-state index contributed by atoms with van der Waals surface area (Å²) in [5.41, 5.74) is 3.27. The summed E-state index contributed by atoms with van der Waals surface area (Å²) >= 11 is 14.6. The molecule has 3 aliphatic rings. The van der Waals surface area contributed by atoms with Crippen molar-refractivity contribution >= 4 is 92.7 Å². The number of nitrogens with zero attached hydrogens (tertiary/aromatic N) is 5. The van der Waals surface area contributed by atoms with Gasteiger partial charge in [0, 0.05) is 42.6 Å². The maximum absolute atomic E-state index is 14.2. The molecule has 0 saturated carbocycles. The molecule has 0 unspecified atom stereocenters. The minimum absolute atomic E-state index is 0.0272. The zero-order valence-electron chi connectivity index (χ0n) is 35.6. The molecule has 2 saturated heterocycles. The summed E-state index contributed by atoms with van der Waals surface area (Å²) in [5.74, 6) is -8.20. The Hall–Kier alpha value is -6.01. The fraction of sp³-hybridized carbons (Fsp3) is 0.415. The monoisotopic (exact) mass is 992 g/mol. The Kier molecular flexibility index (Phi) is 14.9. The molecule has 4 heterocycles. The van der Waals surface area contributed by atoms with Crippen molar-refractivity contribution in [1.82, 2.24) is 25.4 Å². The second-order valence-electron chi connectivity index (χ2n) is 16.3. The number of halogens is 2. The summed E-state index contributed by atoms with van der Waals surface area (Å²) in [4.78, 5) is 90.8. The van der Waals surface area contributed by atoms with Gasteiger partial charge in [0.05, 0.1) is 52.5 Å². The molecule has 3 aromatic rings. The number of oxime groups is 1. The first-order chi connectivity index (χ1) is 31.1. The topological polar surface area (TPSA) is 318 Å². The molecule has 3 atom stereocenters. The Bertz CT molecular complexity index is 2530. The van der Waals surface area contributed by atoms with E-state index in [-0.39, 0.29) is 82.1 Å². The number of quaternary nitrogens is 1. The van der Waals surface area contributed by atoms with E-state index in [1.54, 1.807) is 0 Å². The average Bonchev–Trinajstić information content (AvgIpc) is 3.93. The van der Waals surface area contributed by atoms with Crippen molar-refractivity contribution in [3.05, 3.63) is 67.8 Å². The number of hydrogen-bond donors (Lipinski definition) is 8. The number of β-lactam (4-membered cyclic amide) rings is 1. The number of phenolic OH excluding ortho intramolecular Hbond substituents is 4. The standard InChI is InChI=1S/C41H46Cl2N8O13S2/c1-19(15-49(35(58)22-8-10-25(53)32(55)27(22)43)12-6-11-45-33(56)21-7-9-24(52)31(54)26(21)42)51(13-4-5-14-51)16-20-17-65-37-29(36(59)50(37)30(20)38(60)61)47-34(57)28(23-18-66-40(44)46-23)48-64-41(2,3)39(62)63/h7-10,18-19,29,37H,4-6,11-17H2,1-3H3,(H9-,44,45,46,47,48,52,53,54,55,56,57,58,60,61,62,63)/t19-,29-,37-/m1/s1. The molecule has 0 aliphatic carbocycles. The highest BCUT2D eigenvalue weighted by Gasteiger charge is 2.54. The summed E-state index contributed by atoms with van der Waals surface area (Å²) in [6, 6.07) is 3.14. The van der Waals surface area contributed by atoms with E-state index in [1.807, 2.05) is 6.92 Å². The van der Waals surface area contributed by atoms with E-state index in [0.29, 0.717) is 23.1 Å². The molecule has 0 bridgehead atoms. The predicted octanol–water partition coefficient (Wildman–Crippen LogP) is 1.80. The van der Waals surface area contributed by atoms with E-state index in [4.69, 9.17) is 33.8 Å². The number of likely N-dealkylation sites (tertiary alicyclic amines) is 1. The Labute approximate surface area is 395 Å². The van der Waals surface area contributed by atoms with Crippen LogP contribution in [0.2, 0.25) is 10.0 Å². The van der Waals surface area contributed by atoms with Crippen molar-refractivity contribution < 1.29 is 68.7 Å². The van der Waals surface area contributed by atoms with Gasteiger partial charge in [-0.05, 0) is 51.5 Å². The number of rotatable bonds is 18. The summed E-state index contributed by atoms with van der Waals surface area (Å²) in [6.45, 7) is 5.78. The Morgan fingerprint density at radius 2 is 1.68 bits per heavy atom. The molecule has 1 aromatic heterocycles. The molecule has 2 aromatic carbocycles. The number of phenols is 4. The van der Waals surface area contributed by atoms with Crippen LogP contribution in [0.3, 0.4) is 0 Å². The van der Waals surface area contributed by atoms with Gasteiger partial charge in [-0.2, -0.15) is 0 Å². The zero-order chi connectivity index (χ0) is 48.4. The number of carbonyl (C=O) groups excluding carboxylic acids is 5. The molecule has 6 rings (SSSR count). The SMILES string of the molecule is C[C@H](CN(CCCNC(=O)c1ccc(O)c(O)c1Cl)C(=O)c1ccc(O)c(O)c1Cl)[N+]1(CC2=C(C(=O)[O-])N3C(=O)[C@@H](NC(=O)/C(=N\OC(C)(C)C(=O)O)c4csc(N)n4)[C@H]3SC2)CCCC1. The van der Waals surface area contributed by atoms with Crippen LogP contribution < -0.4 is 21.5 Å². The fourth-order valence-corrected chi connectivity index (χ4v) is 10.2. The van der Waals surface area contributed by atoms with E-state index in [0.717, 1.165) is 41.2 Å². The number of carboxylic acids is 2. The third-order valence-corrected chi connectivity index (χ3v) is 14.4. The summed E-state index contributed by atoms with van der Waals surface area (Å²) < 4.78 is 0.306. The van der Waals surface area contributed by atoms with Gasteiger partial charge in [0.15, 0.2) is 33.8 Å². The number of aromatic nitrogens is 1. The Morgan fingerprint density at radius 3 is 2.27 bits per heavy atom. The first-order valence-corrected chi connectivity index (χ1v) is 23.0. The minimum atomic E-state index is -1.84. The van der Waals surface area contributed by atoms with Gasteiger partial charge in [-0.15, -0.1) is 23.1 Å². The van der Waals surface area contributed by atoms with Crippen LogP contribution in [-0.2, 0) is 24.0 Å². The third kappa shape index (κ3) is 10.0. The molecule has 21 nitrogen and oxygen atoms in total. The lowest BCUT2D eigenvalue weighted by Gasteiger charge is -2.52. The van der Waals surface area contributed by atoms with Crippen LogP contribution >= 0.6 is 46.3 Å². The van der Waals surface area contributed by atoms with Crippen LogP contribution in [0.25, 0.3) is 0 Å². The molecule has 9 N–H and O–H groups in total. The van der Waals surface area contributed by atoms with Gasteiger partial charge in [-0.25, -0.2) is 9.78 Å². The van der Waals surface area contributed by atoms with E-state index in [2.05, 4.69) is 20.8 Å². The number of thiazole rings is 1. The number of aromatic hydroxyl groups is 4. The van der Waals surface area contributed by atoms with Gasteiger partial charge in [0.1, 0.15) is 29.7 Å². The lowest BCUT2D eigenvalue weighted by atomic mass is 10.0. The number of nitrogens with two attached hydrogens (primary N) is 1. The number of anilines is 1. The molecule has 66 heavy (non-hydrogen) atoms. The maximum Gasteiger partial charge on any atom is 0.350 e. The summed E-state index contributed by atoms with van der Waals surface area (Å²) in [5, 5.41) is 71.4. The zero-order valence-corrected chi connectivity index (χ0v) is 38.7. The van der Waals surface area contributed by atoms with Gasteiger partial charge in [-0.3, -0.25) is 24.1 Å². The summed E-state index contributed by atoms with van der Waals surface area (Å²) in [6.07, 6.45) is 1.72. The van der Waals surface area contributed by atoms with Crippen LogP contribution in [0.15, 0.2) is 46.1 Å². The van der Waals surface area contributed by atoms with Gasteiger partial charge >= 0.3 is 5.97 Å². The van der Waals surface area contributed by atoms with Gasteiger partial charge < -0.3 is 66.0 Å². The van der Waals surface area contributed by atoms with E-state index >= 15 is 0 Å². The average molecular weight is 994 g/mol. The lowest BCUT2D eigenvalue weighted by molar-refractivity contribution is -0.933. The van der Waals surface area contributed by atoms with Gasteiger partial charge in [-0.1, -0.05) is 28.4 Å². The fourth-order valence-electron chi connectivity index (χ4n) is 7.86. The van der Waals surface area contributed by atoms with E-state index in [9.17, 15) is 59.4 Å². The van der Waals surface area contributed by atoms with Crippen LogP contribution in [0.5, 0.6) is 23.0 Å². The van der Waals surface area contributed by atoms with Gasteiger partial charge in [0.25, 0.3) is 23.6 Å². The molecule has 0 spiro atoms. The molecule has 25 heteroatoms. The molecule has 0 radical (unpaired) electrons. The largest absolute Gasteiger partial charge is 0.543 e. The van der Waals surface area contributed by atoms with Crippen molar-refractivity contribution in [3.8, 4) is 23.0 Å². The number of thioether (sulfide) groups is 1. The smallest absolute Gasteiger partial charge is 0.350 e. The minimum Gasteiger partial charge on any atom is -0.543 e. The molecule has 354 valence electrons. The third-order valence-electron chi connectivity index (χ3n) is 11.6. The number of benzene rings is 2. The Morgan fingerprint density at radius 1 is 1.06 bits per heavy atom. The number of amides is 4. The van der Waals surface area contributed by atoms with E-state index in [1.165, 1.54) is 48.0 Å². The number of fused-ring (bicyclic) bond motifs is 1. The molecule has 3 aliphatic heterocycles. The molecule has 4 amide bonds. The Balaban J connectivity index is 1.21. The first kappa shape index (κ1) is 49.4. The number of nitrogens with one attached hydrogen (secondary N) is 2. The molecule has 2 fully saturated rings. The highest BCUT2D eigenvalue weighted by atomic mass is 35.5. The first-order valence-electron chi connectivity index (χ1n) is 20.3. The number of hydrogen-bond acceptors (Lipinski definition) is 17. The predicted molar refractivity (Wildman–Crippen MR) is 239 cm³/mol. The summed E-state index contributed by atoms with van der Waals surface area (Å²) in [7, 11) is 0. The normalized spacial score (nSPS) is 18.5. The number of carbonyl (C=O) groups is 6. The van der Waals surface area contributed by atoms with E-state index < -0.39 is 81.3 Å². The maximum atomic E-state index is 14.2. The highest BCUT2D eigenvalue weighted by Crippen LogP contribution is 2.42. The second kappa shape index (κ2) is 19.8. The van der Waals surface area contributed by atoms with Crippen LogP contribution in [0.1, 0.15) is 66.4 Å². The number of carboxylic acid groups (broad SMARTS) is 2. The second-order valence-corrected chi connectivity index (χ2v) is 19.1. The van der Waals surface area contributed by atoms with Crippen molar-refractivity contribution in [2.45, 2.75) is 63.1 Å². The number of nitrogen functional groups attached to an aromatic ring is 1. The van der Waals surface area contributed by atoms with Crippen molar-refractivity contribution in [3.63, 3.8) is 0 Å². The van der Waals surface area contributed by atoms with Crippen LogP contribution in [0.4, 0.5) is 5.13 Å². The van der Waals surface area contributed by atoms with Crippen LogP contribution in [0, 0.1) is 0 Å². The lowest BCUT2D eigenvalue weighted by Crippen LogP contribution is -2.72. The van der Waals surface area contributed by atoms with Crippen molar-refractivity contribution in [1.29, 1.82) is 0 Å². The number of aliphatic carboxylic acids is 2. The molecular weight excluding hydrogens is 948 g/mol. The van der Waals surface area contributed by atoms with Crippen LogP contribution in [-0.4, -0.2) is 154 Å². The van der Waals surface area contributed by atoms with Gasteiger partial charge in [0.2, 0.25) is 5.60 Å².